The highest BCUT2D eigenvalue weighted by molar-refractivity contribution is 7.09. The molecule has 0 aromatic carbocycles. The van der Waals surface area contributed by atoms with Gasteiger partial charge >= 0.3 is 0 Å². The van der Waals surface area contributed by atoms with E-state index in [2.05, 4.69) is 29.3 Å². The Morgan fingerprint density at radius 1 is 1.44 bits per heavy atom. The van der Waals surface area contributed by atoms with Crippen molar-refractivity contribution in [2.75, 3.05) is 13.1 Å². The molecule has 0 bridgehead atoms. The Balaban J connectivity index is 2.08. The molecule has 1 saturated carbocycles. The Labute approximate surface area is 102 Å². The summed E-state index contributed by atoms with van der Waals surface area (Å²) in [6.07, 6.45) is 5.25. The normalized spacial score (nSPS) is 19.4. The van der Waals surface area contributed by atoms with E-state index in [9.17, 15) is 0 Å². The van der Waals surface area contributed by atoms with Crippen molar-refractivity contribution in [2.24, 2.45) is 5.73 Å². The van der Waals surface area contributed by atoms with Crippen LogP contribution in [0, 0.1) is 0 Å². The van der Waals surface area contributed by atoms with Gasteiger partial charge in [-0.25, -0.2) is 0 Å². The molecule has 0 spiro atoms. The van der Waals surface area contributed by atoms with Gasteiger partial charge in [-0.05, 0) is 30.8 Å². The summed E-state index contributed by atoms with van der Waals surface area (Å²) in [5.41, 5.74) is 6.33. The van der Waals surface area contributed by atoms with Gasteiger partial charge in [-0.2, -0.15) is 0 Å². The predicted octanol–water partition coefficient (Wildman–Crippen LogP) is 2.84. The van der Waals surface area contributed by atoms with Gasteiger partial charge in [0.1, 0.15) is 0 Å². The highest BCUT2D eigenvalue weighted by atomic mass is 32.1. The maximum atomic E-state index is 6.04. The number of hydrogen-bond acceptors (Lipinski definition) is 3. The molecule has 16 heavy (non-hydrogen) atoms. The van der Waals surface area contributed by atoms with Gasteiger partial charge in [-0.3, -0.25) is 4.90 Å². The van der Waals surface area contributed by atoms with Gasteiger partial charge in [0.05, 0.1) is 0 Å². The first-order valence-corrected chi connectivity index (χ1v) is 7.16. The zero-order chi connectivity index (χ0) is 11.4. The van der Waals surface area contributed by atoms with Crippen LogP contribution in [0.2, 0.25) is 0 Å². The molecule has 3 heteroatoms. The number of likely N-dealkylation sites (N-methyl/N-ethyl adjacent to an activating group) is 1. The fourth-order valence-corrected chi connectivity index (χ4v) is 3.61. The molecular formula is C13H22N2S. The zero-order valence-electron chi connectivity index (χ0n) is 10.1. The third kappa shape index (κ3) is 2.31. The molecule has 0 amide bonds. The molecule has 0 radical (unpaired) electrons. The molecule has 1 aromatic heterocycles. The van der Waals surface area contributed by atoms with E-state index >= 15 is 0 Å². The van der Waals surface area contributed by atoms with E-state index in [1.165, 1.54) is 30.6 Å². The van der Waals surface area contributed by atoms with Crippen molar-refractivity contribution >= 4 is 11.3 Å². The molecule has 1 aliphatic rings. The smallest absolute Gasteiger partial charge is 0.0335 e. The number of rotatable bonds is 5. The standard InChI is InChI=1S/C13H22N2S/c1-2-15(10-12-6-5-9-16-12)13(11-14)7-3-4-8-13/h5-6,9H,2-4,7-8,10-11,14H2,1H3. The Morgan fingerprint density at radius 2 is 2.19 bits per heavy atom. The Bertz CT molecular complexity index is 302. The minimum absolute atomic E-state index is 0.290. The van der Waals surface area contributed by atoms with E-state index in [4.69, 9.17) is 5.73 Å². The predicted molar refractivity (Wildman–Crippen MR) is 70.7 cm³/mol. The molecule has 2 rings (SSSR count). The van der Waals surface area contributed by atoms with E-state index in [-0.39, 0.29) is 0 Å². The third-order valence-corrected chi connectivity index (χ3v) is 4.75. The SMILES string of the molecule is CCN(Cc1cccs1)C1(CN)CCCC1. The first kappa shape index (κ1) is 12.1. The van der Waals surface area contributed by atoms with Gasteiger partial charge in [0.2, 0.25) is 0 Å². The van der Waals surface area contributed by atoms with Crippen LogP contribution in [-0.2, 0) is 6.54 Å². The lowest BCUT2D eigenvalue weighted by molar-refractivity contribution is 0.0983. The fraction of sp³-hybridized carbons (Fsp3) is 0.692. The fourth-order valence-electron chi connectivity index (χ4n) is 2.89. The molecule has 2 N–H and O–H groups in total. The monoisotopic (exact) mass is 238 g/mol. The molecular weight excluding hydrogens is 216 g/mol. The molecule has 0 atom stereocenters. The van der Waals surface area contributed by atoms with Crippen LogP contribution in [0.15, 0.2) is 17.5 Å². The van der Waals surface area contributed by atoms with Gasteiger partial charge in [0.15, 0.2) is 0 Å². The van der Waals surface area contributed by atoms with E-state index in [1.807, 2.05) is 11.3 Å². The molecule has 1 aliphatic carbocycles. The molecule has 1 heterocycles. The second kappa shape index (κ2) is 5.30. The van der Waals surface area contributed by atoms with Gasteiger partial charge in [-0.1, -0.05) is 25.8 Å². The first-order valence-electron chi connectivity index (χ1n) is 6.28. The summed E-state index contributed by atoms with van der Waals surface area (Å²) in [5.74, 6) is 0. The van der Waals surface area contributed by atoms with Crippen LogP contribution in [-0.4, -0.2) is 23.5 Å². The molecule has 90 valence electrons. The van der Waals surface area contributed by atoms with E-state index in [1.54, 1.807) is 0 Å². The molecule has 1 aromatic rings. The van der Waals surface area contributed by atoms with E-state index < -0.39 is 0 Å². The largest absolute Gasteiger partial charge is 0.329 e. The maximum Gasteiger partial charge on any atom is 0.0335 e. The molecule has 0 saturated heterocycles. The summed E-state index contributed by atoms with van der Waals surface area (Å²) in [4.78, 5) is 4.05. The Hall–Kier alpha value is -0.380. The van der Waals surface area contributed by atoms with Crippen LogP contribution in [0.4, 0.5) is 0 Å². The van der Waals surface area contributed by atoms with Crippen LogP contribution in [0.5, 0.6) is 0 Å². The van der Waals surface area contributed by atoms with Gasteiger partial charge < -0.3 is 5.73 Å². The van der Waals surface area contributed by atoms with E-state index in [0.29, 0.717) is 5.54 Å². The van der Waals surface area contributed by atoms with Gasteiger partial charge in [-0.15, -0.1) is 11.3 Å². The molecule has 2 nitrogen and oxygen atoms in total. The van der Waals surface area contributed by atoms with Crippen LogP contribution in [0.3, 0.4) is 0 Å². The zero-order valence-corrected chi connectivity index (χ0v) is 10.9. The summed E-state index contributed by atoms with van der Waals surface area (Å²) in [6, 6.07) is 4.37. The minimum atomic E-state index is 0.290. The highest BCUT2D eigenvalue weighted by Crippen LogP contribution is 2.35. The average Bonchev–Trinajstić information content (AvgIpc) is 2.97. The minimum Gasteiger partial charge on any atom is -0.329 e. The first-order chi connectivity index (χ1) is 7.80. The Kier molecular flexibility index (Phi) is 4.00. The summed E-state index contributed by atoms with van der Waals surface area (Å²) in [6.45, 7) is 5.25. The lowest BCUT2D eigenvalue weighted by Gasteiger charge is -2.40. The second-order valence-corrected chi connectivity index (χ2v) is 5.76. The lowest BCUT2D eigenvalue weighted by atomic mass is 9.95. The van der Waals surface area contributed by atoms with Gasteiger partial charge in [0.25, 0.3) is 0 Å². The van der Waals surface area contributed by atoms with Crippen LogP contribution in [0.25, 0.3) is 0 Å². The number of thiophene rings is 1. The number of nitrogens with zero attached hydrogens (tertiary/aromatic N) is 1. The summed E-state index contributed by atoms with van der Waals surface area (Å²) >= 11 is 1.85. The average molecular weight is 238 g/mol. The van der Waals surface area contributed by atoms with Crippen molar-refractivity contribution in [3.8, 4) is 0 Å². The third-order valence-electron chi connectivity index (χ3n) is 3.89. The topological polar surface area (TPSA) is 29.3 Å². The Morgan fingerprint density at radius 3 is 2.69 bits per heavy atom. The highest BCUT2D eigenvalue weighted by Gasteiger charge is 2.37. The van der Waals surface area contributed by atoms with Crippen molar-refractivity contribution in [3.63, 3.8) is 0 Å². The van der Waals surface area contributed by atoms with Crippen LogP contribution >= 0.6 is 11.3 Å². The van der Waals surface area contributed by atoms with Crippen LogP contribution < -0.4 is 5.73 Å². The molecule has 0 unspecified atom stereocenters. The van der Waals surface area contributed by atoms with Crippen LogP contribution in [0.1, 0.15) is 37.5 Å². The maximum absolute atomic E-state index is 6.04. The second-order valence-electron chi connectivity index (χ2n) is 4.73. The number of nitrogens with two attached hydrogens (primary N) is 1. The quantitative estimate of drug-likeness (QED) is 0.854. The number of hydrogen-bond donors (Lipinski definition) is 1. The summed E-state index contributed by atoms with van der Waals surface area (Å²) in [7, 11) is 0. The summed E-state index contributed by atoms with van der Waals surface area (Å²) < 4.78 is 0. The van der Waals surface area contributed by atoms with Crippen molar-refractivity contribution in [3.05, 3.63) is 22.4 Å². The summed E-state index contributed by atoms with van der Waals surface area (Å²) in [5, 5.41) is 2.16. The molecule has 1 fully saturated rings. The van der Waals surface area contributed by atoms with Crippen molar-refractivity contribution < 1.29 is 0 Å². The van der Waals surface area contributed by atoms with Crippen molar-refractivity contribution in [1.29, 1.82) is 0 Å². The van der Waals surface area contributed by atoms with Crippen molar-refractivity contribution in [2.45, 2.75) is 44.7 Å². The van der Waals surface area contributed by atoms with Gasteiger partial charge in [0, 0.05) is 23.5 Å². The lowest BCUT2D eigenvalue weighted by Crippen LogP contribution is -2.51. The van der Waals surface area contributed by atoms with E-state index in [0.717, 1.165) is 19.6 Å². The van der Waals surface area contributed by atoms with Crippen molar-refractivity contribution in [1.82, 2.24) is 4.90 Å². The molecule has 0 aliphatic heterocycles.